The van der Waals surface area contributed by atoms with Crippen molar-refractivity contribution in [2.24, 2.45) is 0 Å². The van der Waals surface area contributed by atoms with Crippen LogP contribution in [0, 0.1) is 0 Å². The van der Waals surface area contributed by atoms with E-state index >= 15 is 0 Å². The number of hydrogen-bond donors (Lipinski definition) is 1. The average Bonchev–Trinajstić information content (AvgIpc) is 3.00. The molecule has 0 unspecified atom stereocenters. The summed E-state index contributed by atoms with van der Waals surface area (Å²) in [6, 6.07) is 8.73. The average molecular weight is 291 g/mol. The molecule has 0 saturated heterocycles. The minimum Gasteiger partial charge on any atom is -0.497 e. The second-order valence-corrected chi connectivity index (χ2v) is 4.18. The molecule has 112 valence electrons. The van der Waals surface area contributed by atoms with Crippen LogP contribution < -0.4 is 14.8 Å². The molecular weight excluding hydrogens is 274 g/mol. The normalized spacial score (nSPS) is 10.0. The highest BCUT2D eigenvalue weighted by Crippen LogP contribution is 2.29. The number of benzene rings is 1. The van der Waals surface area contributed by atoms with E-state index in [-0.39, 0.29) is 5.76 Å². The van der Waals surface area contributed by atoms with Gasteiger partial charge >= 0.3 is 5.97 Å². The van der Waals surface area contributed by atoms with Crippen LogP contribution in [0.25, 0.3) is 0 Å². The summed E-state index contributed by atoms with van der Waals surface area (Å²) in [5.41, 5.74) is 0.771. The first-order valence-corrected chi connectivity index (χ1v) is 6.31. The van der Waals surface area contributed by atoms with Gasteiger partial charge in [-0.25, -0.2) is 4.79 Å². The lowest BCUT2D eigenvalue weighted by Gasteiger charge is -2.11. The third-order valence-electron chi connectivity index (χ3n) is 2.91. The molecule has 0 aliphatic carbocycles. The second-order valence-electron chi connectivity index (χ2n) is 4.18. The van der Waals surface area contributed by atoms with Crippen molar-refractivity contribution < 1.29 is 23.4 Å². The molecule has 1 N–H and O–H groups in total. The quantitative estimate of drug-likeness (QED) is 0.825. The zero-order valence-electron chi connectivity index (χ0n) is 12.1. The number of ether oxygens (including phenoxy) is 3. The summed E-state index contributed by atoms with van der Waals surface area (Å²) >= 11 is 0. The van der Waals surface area contributed by atoms with Gasteiger partial charge in [0.15, 0.2) is 0 Å². The Balaban J connectivity index is 2.08. The largest absolute Gasteiger partial charge is 0.497 e. The highest BCUT2D eigenvalue weighted by molar-refractivity contribution is 5.86. The molecule has 0 bridgehead atoms. The Hall–Kier alpha value is -2.63. The minimum absolute atomic E-state index is 0.173. The predicted octanol–water partition coefficient (Wildman–Crippen LogP) is 2.70. The third kappa shape index (κ3) is 3.47. The first-order valence-electron chi connectivity index (χ1n) is 6.31. The first-order chi connectivity index (χ1) is 10.2. The molecule has 1 heterocycles. The first kappa shape index (κ1) is 14.8. The minimum atomic E-state index is -0.500. The van der Waals surface area contributed by atoms with E-state index in [1.54, 1.807) is 26.4 Å². The van der Waals surface area contributed by atoms with Crippen molar-refractivity contribution >= 4 is 11.7 Å². The zero-order chi connectivity index (χ0) is 15.2. The molecule has 0 spiro atoms. The number of rotatable bonds is 6. The number of carbonyl (C=O) groups excluding carboxylic acids is 1. The van der Waals surface area contributed by atoms with Crippen LogP contribution in [0.3, 0.4) is 0 Å². The number of furan rings is 1. The Labute approximate surface area is 122 Å². The Morgan fingerprint density at radius 1 is 1.14 bits per heavy atom. The monoisotopic (exact) mass is 291 g/mol. The van der Waals surface area contributed by atoms with Crippen LogP contribution in [-0.2, 0) is 11.3 Å². The molecule has 0 radical (unpaired) electrons. The van der Waals surface area contributed by atoms with Gasteiger partial charge < -0.3 is 23.9 Å². The fraction of sp³-hybridized carbons (Fsp3) is 0.267. The molecule has 2 aromatic rings. The van der Waals surface area contributed by atoms with Crippen LogP contribution in [0.1, 0.15) is 16.3 Å². The number of nitrogens with one attached hydrogen (secondary N) is 1. The summed E-state index contributed by atoms with van der Waals surface area (Å²) in [4.78, 5) is 11.3. The van der Waals surface area contributed by atoms with Gasteiger partial charge in [0.1, 0.15) is 17.3 Å². The predicted molar refractivity (Wildman–Crippen MR) is 76.9 cm³/mol. The van der Waals surface area contributed by atoms with Crippen molar-refractivity contribution in [3.8, 4) is 11.5 Å². The van der Waals surface area contributed by atoms with E-state index < -0.39 is 5.97 Å². The van der Waals surface area contributed by atoms with E-state index in [1.165, 1.54) is 7.11 Å². The van der Waals surface area contributed by atoms with Crippen molar-refractivity contribution in [2.45, 2.75) is 6.54 Å². The molecular formula is C15H17NO5. The number of methoxy groups -OCH3 is 3. The van der Waals surface area contributed by atoms with Gasteiger partial charge in [-0.15, -0.1) is 0 Å². The molecule has 1 aromatic heterocycles. The highest BCUT2D eigenvalue weighted by Gasteiger charge is 2.11. The molecule has 1 aromatic carbocycles. The van der Waals surface area contributed by atoms with Crippen molar-refractivity contribution in [1.82, 2.24) is 0 Å². The Morgan fingerprint density at radius 3 is 2.62 bits per heavy atom. The van der Waals surface area contributed by atoms with Crippen LogP contribution in [0.15, 0.2) is 34.7 Å². The van der Waals surface area contributed by atoms with E-state index in [4.69, 9.17) is 13.9 Å². The van der Waals surface area contributed by atoms with Crippen molar-refractivity contribution in [1.29, 1.82) is 0 Å². The van der Waals surface area contributed by atoms with Crippen molar-refractivity contribution in [2.75, 3.05) is 26.6 Å². The van der Waals surface area contributed by atoms with Gasteiger partial charge in [-0.1, -0.05) is 0 Å². The summed E-state index contributed by atoms with van der Waals surface area (Å²) in [7, 11) is 4.50. The molecule has 6 nitrogen and oxygen atoms in total. The lowest BCUT2D eigenvalue weighted by atomic mass is 10.2. The topological polar surface area (TPSA) is 69.9 Å². The van der Waals surface area contributed by atoms with E-state index in [0.29, 0.717) is 23.8 Å². The summed E-state index contributed by atoms with van der Waals surface area (Å²) in [5, 5.41) is 3.17. The molecule has 0 fully saturated rings. The van der Waals surface area contributed by atoms with Gasteiger partial charge in [0.05, 0.1) is 33.6 Å². The van der Waals surface area contributed by atoms with Gasteiger partial charge in [0, 0.05) is 6.07 Å². The number of carbonyl (C=O) groups is 1. The molecule has 21 heavy (non-hydrogen) atoms. The number of esters is 1. The van der Waals surface area contributed by atoms with Crippen LogP contribution in [-0.4, -0.2) is 27.3 Å². The number of hydrogen-bond acceptors (Lipinski definition) is 6. The van der Waals surface area contributed by atoms with Crippen LogP contribution >= 0.6 is 0 Å². The maximum absolute atomic E-state index is 11.3. The molecule has 0 amide bonds. The van der Waals surface area contributed by atoms with E-state index in [9.17, 15) is 4.79 Å². The number of anilines is 1. The van der Waals surface area contributed by atoms with Gasteiger partial charge in [-0.05, 0) is 24.3 Å². The van der Waals surface area contributed by atoms with E-state index in [0.717, 1.165) is 5.69 Å². The SMILES string of the molecule is COC(=O)c1ccc(CNc2cc(OC)ccc2OC)o1. The Morgan fingerprint density at radius 2 is 1.95 bits per heavy atom. The van der Waals surface area contributed by atoms with Gasteiger partial charge in [-0.2, -0.15) is 0 Å². The third-order valence-corrected chi connectivity index (χ3v) is 2.91. The summed E-state index contributed by atoms with van der Waals surface area (Å²) in [5.74, 6) is 1.69. The Kier molecular flexibility index (Phi) is 4.71. The second kappa shape index (κ2) is 6.69. The lowest BCUT2D eigenvalue weighted by Crippen LogP contribution is -2.02. The summed E-state index contributed by atoms with van der Waals surface area (Å²) < 4.78 is 20.4. The molecule has 0 aliphatic rings. The maximum Gasteiger partial charge on any atom is 0.373 e. The van der Waals surface area contributed by atoms with E-state index in [2.05, 4.69) is 10.1 Å². The van der Waals surface area contributed by atoms with Gasteiger partial charge in [-0.3, -0.25) is 0 Å². The van der Waals surface area contributed by atoms with Crippen LogP contribution in [0.4, 0.5) is 5.69 Å². The molecule has 0 saturated carbocycles. The Bertz CT molecular complexity index is 620. The lowest BCUT2D eigenvalue weighted by molar-refractivity contribution is 0.0563. The van der Waals surface area contributed by atoms with Gasteiger partial charge in [0.2, 0.25) is 5.76 Å². The van der Waals surface area contributed by atoms with Gasteiger partial charge in [0.25, 0.3) is 0 Å². The van der Waals surface area contributed by atoms with E-state index in [1.807, 2.05) is 18.2 Å². The van der Waals surface area contributed by atoms with Crippen molar-refractivity contribution in [3.05, 3.63) is 41.9 Å². The van der Waals surface area contributed by atoms with Crippen LogP contribution in [0.2, 0.25) is 0 Å². The summed E-state index contributed by atoms with van der Waals surface area (Å²) in [6.07, 6.45) is 0. The standard InChI is InChI=1S/C15H17NO5/c1-18-10-4-6-13(19-2)12(8-10)16-9-11-5-7-14(21-11)15(17)20-3/h4-8,16H,9H2,1-3H3. The smallest absolute Gasteiger partial charge is 0.373 e. The van der Waals surface area contributed by atoms with Crippen molar-refractivity contribution in [3.63, 3.8) is 0 Å². The highest BCUT2D eigenvalue weighted by atomic mass is 16.5. The molecule has 0 aliphatic heterocycles. The fourth-order valence-corrected chi connectivity index (χ4v) is 1.82. The zero-order valence-corrected chi connectivity index (χ0v) is 12.1. The molecule has 0 atom stereocenters. The molecule has 2 rings (SSSR count). The molecule has 6 heteroatoms. The fourth-order valence-electron chi connectivity index (χ4n) is 1.82. The van der Waals surface area contributed by atoms with Crippen LogP contribution in [0.5, 0.6) is 11.5 Å². The maximum atomic E-state index is 11.3. The summed E-state index contributed by atoms with van der Waals surface area (Å²) in [6.45, 7) is 0.403.